The number of nitrogens with zero attached hydrogens (tertiary/aromatic N) is 2. The van der Waals surface area contributed by atoms with Gasteiger partial charge in [-0.05, 0) is 54.4 Å². The first-order chi connectivity index (χ1) is 17.0. The van der Waals surface area contributed by atoms with Gasteiger partial charge in [0.2, 0.25) is 5.91 Å². The molecule has 2 saturated heterocycles. The van der Waals surface area contributed by atoms with Gasteiger partial charge in [-0.3, -0.25) is 14.4 Å². The van der Waals surface area contributed by atoms with E-state index in [9.17, 15) is 14.0 Å². The van der Waals surface area contributed by atoms with Gasteiger partial charge in [0.1, 0.15) is 12.4 Å². The Labute approximate surface area is 202 Å². The zero-order valence-electron chi connectivity index (χ0n) is 19.4. The van der Waals surface area contributed by atoms with Crippen LogP contribution >= 0.6 is 0 Å². The first kappa shape index (κ1) is 23.0. The molecule has 0 aromatic heterocycles. The zero-order chi connectivity index (χ0) is 24.5. The number of carbonyl (C=O) groups is 2. The Morgan fingerprint density at radius 2 is 1.66 bits per heavy atom. The van der Waals surface area contributed by atoms with Crippen molar-refractivity contribution in [1.82, 2.24) is 5.06 Å². The van der Waals surface area contributed by atoms with Gasteiger partial charge in [0.15, 0.2) is 17.6 Å². The number of hydrogen-bond donors (Lipinski definition) is 0. The molecule has 2 heterocycles. The lowest BCUT2D eigenvalue weighted by molar-refractivity contribution is -0.160. The van der Waals surface area contributed by atoms with Crippen LogP contribution in [0.25, 0.3) is 0 Å². The molecule has 0 aliphatic carbocycles. The minimum Gasteiger partial charge on any atom is -0.490 e. The van der Waals surface area contributed by atoms with E-state index in [2.05, 4.69) is 0 Å². The number of benzene rings is 3. The van der Waals surface area contributed by atoms with Gasteiger partial charge in [-0.2, -0.15) is 5.06 Å². The van der Waals surface area contributed by atoms with Crippen LogP contribution < -0.4 is 14.4 Å². The maximum absolute atomic E-state index is 13.4. The molecule has 2 fully saturated rings. The number of halogens is 1. The topological polar surface area (TPSA) is 68.3 Å². The molecule has 7 nitrogen and oxygen atoms in total. The molecule has 3 atom stereocenters. The van der Waals surface area contributed by atoms with Crippen LogP contribution in [0, 0.1) is 11.7 Å². The maximum atomic E-state index is 13.4. The second-order valence-electron chi connectivity index (χ2n) is 8.44. The van der Waals surface area contributed by atoms with Crippen LogP contribution in [0.1, 0.15) is 24.1 Å². The van der Waals surface area contributed by atoms with Gasteiger partial charge in [-0.25, -0.2) is 9.29 Å². The summed E-state index contributed by atoms with van der Waals surface area (Å²) in [6.45, 7) is 2.70. The zero-order valence-corrected chi connectivity index (χ0v) is 19.4. The highest BCUT2D eigenvalue weighted by atomic mass is 19.1. The van der Waals surface area contributed by atoms with Crippen molar-refractivity contribution in [1.29, 1.82) is 0 Å². The Hall–Kier alpha value is -3.75. The van der Waals surface area contributed by atoms with Crippen LogP contribution in [0.3, 0.4) is 0 Å². The molecule has 3 aromatic carbocycles. The molecule has 2 amide bonds. The molecule has 2 aliphatic heterocycles. The summed E-state index contributed by atoms with van der Waals surface area (Å²) in [6, 6.07) is 20.1. The molecule has 3 aromatic rings. The summed E-state index contributed by atoms with van der Waals surface area (Å²) in [5, 5.41) is 1.54. The first-order valence-corrected chi connectivity index (χ1v) is 11.4. The van der Waals surface area contributed by atoms with Gasteiger partial charge in [0, 0.05) is 7.05 Å². The lowest BCUT2D eigenvalue weighted by Gasteiger charge is -2.25. The first-order valence-electron chi connectivity index (χ1n) is 11.4. The highest BCUT2D eigenvalue weighted by Gasteiger charge is 2.59. The van der Waals surface area contributed by atoms with Crippen molar-refractivity contribution in [2.45, 2.75) is 25.7 Å². The predicted octanol–water partition coefficient (Wildman–Crippen LogP) is 4.28. The fourth-order valence-corrected chi connectivity index (χ4v) is 4.64. The summed E-state index contributed by atoms with van der Waals surface area (Å²) in [5.41, 5.74) is 2.11. The maximum Gasteiger partial charge on any atom is 0.265 e. The van der Waals surface area contributed by atoms with E-state index in [1.54, 1.807) is 12.1 Å². The van der Waals surface area contributed by atoms with Gasteiger partial charge >= 0.3 is 0 Å². The highest BCUT2D eigenvalue weighted by Crippen LogP contribution is 2.46. The van der Waals surface area contributed by atoms with Crippen molar-refractivity contribution in [3.63, 3.8) is 0 Å². The van der Waals surface area contributed by atoms with E-state index >= 15 is 0 Å². The summed E-state index contributed by atoms with van der Waals surface area (Å²) >= 11 is 0. The number of fused-ring (bicyclic) bond motifs is 1. The van der Waals surface area contributed by atoms with Crippen LogP contribution in [-0.2, 0) is 21.0 Å². The Kier molecular flexibility index (Phi) is 6.23. The van der Waals surface area contributed by atoms with Crippen LogP contribution in [0.2, 0.25) is 0 Å². The SMILES string of the molecule is CCOc1cc(C2C3C(=O)N(c4ccc(F)cc4)C(=O)C3ON2C)ccc1OCc1ccccc1. The standard InChI is InChI=1S/C27H25FN2O5/c1-3-33-22-15-18(9-14-21(22)34-16-17-7-5-4-6-8-17)24-23-25(35-29(24)2)27(32)30(26(23)31)20-12-10-19(28)11-13-20/h4-15,23-25H,3,16H2,1-2H3. The van der Waals surface area contributed by atoms with Crippen LogP contribution in [0.15, 0.2) is 72.8 Å². The molecule has 35 heavy (non-hydrogen) atoms. The van der Waals surface area contributed by atoms with E-state index in [4.69, 9.17) is 14.3 Å². The van der Waals surface area contributed by atoms with Crippen molar-refractivity contribution in [3.8, 4) is 11.5 Å². The molecule has 3 unspecified atom stereocenters. The number of carbonyl (C=O) groups excluding carboxylic acids is 2. The third-order valence-electron chi connectivity index (χ3n) is 6.24. The van der Waals surface area contributed by atoms with E-state index in [0.717, 1.165) is 16.0 Å². The normalized spacial score (nSPS) is 21.9. The summed E-state index contributed by atoms with van der Waals surface area (Å²) in [5.74, 6) is -0.913. The van der Waals surface area contributed by atoms with E-state index in [1.807, 2.05) is 55.5 Å². The number of anilines is 1. The van der Waals surface area contributed by atoms with Crippen molar-refractivity contribution in [3.05, 3.63) is 89.7 Å². The monoisotopic (exact) mass is 476 g/mol. The minimum atomic E-state index is -0.952. The van der Waals surface area contributed by atoms with E-state index in [-0.39, 0.29) is 5.91 Å². The Morgan fingerprint density at radius 1 is 0.914 bits per heavy atom. The smallest absolute Gasteiger partial charge is 0.265 e. The number of hydroxylamine groups is 2. The van der Waals surface area contributed by atoms with Gasteiger partial charge < -0.3 is 9.47 Å². The van der Waals surface area contributed by atoms with Gasteiger partial charge in [0.05, 0.1) is 24.3 Å². The van der Waals surface area contributed by atoms with Crippen molar-refractivity contribution >= 4 is 17.5 Å². The lowest BCUT2D eigenvalue weighted by Crippen LogP contribution is -2.36. The van der Waals surface area contributed by atoms with E-state index < -0.39 is 29.8 Å². The Morgan fingerprint density at radius 3 is 2.37 bits per heavy atom. The minimum absolute atomic E-state index is 0.320. The molecule has 180 valence electrons. The summed E-state index contributed by atoms with van der Waals surface area (Å²) < 4.78 is 25.2. The molecular formula is C27H25FN2O5. The highest BCUT2D eigenvalue weighted by molar-refractivity contribution is 6.23. The lowest BCUT2D eigenvalue weighted by atomic mass is 9.91. The summed E-state index contributed by atoms with van der Waals surface area (Å²) in [4.78, 5) is 33.4. The number of amides is 2. The third kappa shape index (κ3) is 4.26. The molecule has 0 N–H and O–H groups in total. The predicted molar refractivity (Wildman–Crippen MR) is 126 cm³/mol. The van der Waals surface area contributed by atoms with Crippen molar-refractivity contribution in [2.75, 3.05) is 18.6 Å². The Bertz CT molecular complexity index is 1230. The van der Waals surface area contributed by atoms with Gasteiger partial charge in [0.25, 0.3) is 5.91 Å². The largest absolute Gasteiger partial charge is 0.490 e. The molecule has 0 spiro atoms. The third-order valence-corrected chi connectivity index (χ3v) is 6.24. The molecule has 0 bridgehead atoms. The quantitative estimate of drug-likeness (QED) is 0.474. The molecule has 8 heteroatoms. The second kappa shape index (κ2) is 9.48. The van der Waals surface area contributed by atoms with Crippen LogP contribution in [0.5, 0.6) is 11.5 Å². The number of hydrogen-bond acceptors (Lipinski definition) is 6. The second-order valence-corrected chi connectivity index (χ2v) is 8.44. The summed E-state index contributed by atoms with van der Waals surface area (Å²) in [7, 11) is 1.70. The van der Waals surface area contributed by atoms with Gasteiger partial charge in [-0.15, -0.1) is 0 Å². The van der Waals surface area contributed by atoms with Crippen molar-refractivity contribution in [2.24, 2.45) is 5.92 Å². The fourth-order valence-electron chi connectivity index (χ4n) is 4.64. The molecule has 0 saturated carbocycles. The average molecular weight is 477 g/mol. The summed E-state index contributed by atoms with van der Waals surface area (Å²) in [6.07, 6.45) is -0.952. The van der Waals surface area contributed by atoms with E-state index in [1.165, 1.54) is 24.3 Å². The number of ether oxygens (including phenoxy) is 2. The van der Waals surface area contributed by atoms with Crippen LogP contribution in [-0.4, -0.2) is 36.6 Å². The molecule has 5 rings (SSSR count). The van der Waals surface area contributed by atoms with Gasteiger partial charge in [-0.1, -0.05) is 36.4 Å². The molecule has 0 radical (unpaired) electrons. The van der Waals surface area contributed by atoms with E-state index in [0.29, 0.717) is 30.4 Å². The van der Waals surface area contributed by atoms with Crippen LogP contribution in [0.4, 0.5) is 10.1 Å². The molecule has 2 aliphatic rings. The Balaban J connectivity index is 1.42. The number of imide groups is 1. The van der Waals surface area contributed by atoms with Crippen molar-refractivity contribution < 1.29 is 28.3 Å². The average Bonchev–Trinajstić information content (AvgIpc) is 3.33. The molecular weight excluding hydrogens is 451 g/mol. The fraction of sp³-hybridized carbons (Fsp3) is 0.259. The number of rotatable bonds is 7.